The summed E-state index contributed by atoms with van der Waals surface area (Å²) in [6.07, 6.45) is 11.6. The first-order valence-corrected chi connectivity index (χ1v) is 19.4. The first-order chi connectivity index (χ1) is 12.7. The van der Waals surface area contributed by atoms with Crippen LogP contribution in [0.1, 0.15) is 76.2 Å². The quantitative estimate of drug-likeness (QED) is 0.377. The summed E-state index contributed by atoms with van der Waals surface area (Å²) >= 11 is -0.0551. The van der Waals surface area contributed by atoms with E-state index in [1.807, 2.05) is 2.89 Å². The Labute approximate surface area is 168 Å². The van der Waals surface area contributed by atoms with Crippen molar-refractivity contribution in [1.82, 2.24) is 0 Å². The van der Waals surface area contributed by atoms with Gasteiger partial charge in [-0.3, -0.25) is 0 Å². The van der Waals surface area contributed by atoms with E-state index in [1.54, 1.807) is 23.8 Å². The maximum atomic E-state index is 6.03. The molecule has 1 aromatic rings. The van der Waals surface area contributed by atoms with Gasteiger partial charge in [-0.1, -0.05) is 0 Å². The number of hydrogen-bond acceptors (Lipinski definition) is 3. The van der Waals surface area contributed by atoms with E-state index >= 15 is 0 Å². The van der Waals surface area contributed by atoms with Crippen molar-refractivity contribution in [3.8, 4) is 0 Å². The molecule has 0 unspecified atom stereocenters. The standard InChI is InChI=1S/C10H11O2S.3C4H9.Sn/c1-3-10(11-4-5-12-10)7-8-2-6-13-9(1)8;3*1-3-4-2;/h2H,1,3-5,7H2;3*1,3-4H2,2H3;. The Balaban J connectivity index is 1.86. The van der Waals surface area contributed by atoms with Crippen molar-refractivity contribution in [2.24, 2.45) is 0 Å². The average Bonchev–Trinajstić information content (AvgIpc) is 3.29. The molecule has 1 fully saturated rings. The van der Waals surface area contributed by atoms with Crippen LogP contribution in [0.2, 0.25) is 13.3 Å². The molecule has 1 spiro atoms. The molecule has 2 aliphatic rings. The summed E-state index contributed by atoms with van der Waals surface area (Å²) in [4.78, 5) is 1.66. The van der Waals surface area contributed by atoms with Crippen molar-refractivity contribution < 1.29 is 9.47 Å². The number of aryl methyl sites for hydroxylation is 1. The van der Waals surface area contributed by atoms with Gasteiger partial charge in [-0.25, -0.2) is 0 Å². The minimum atomic E-state index is -2.27. The number of unbranched alkanes of at least 4 members (excludes halogenated alkanes) is 3. The van der Waals surface area contributed by atoms with E-state index in [9.17, 15) is 0 Å². The topological polar surface area (TPSA) is 18.5 Å². The van der Waals surface area contributed by atoms with E-state index < -0.39 is 18.4 Å². The summed E-state index contributed by atoms with van der Waals surface area (Å²) in [5.74, 6) is -0.278. The number of rotatable bonds is 10. The van der Waals surface area contributed by atoms with E-state index in [1.165, 1.54) is 38.5 Å². The summed E-state index contributed by atoms with van der Waals surface area (Å²) in [6, 6.07) is 2.66. The average molecular weight is 485 g/mol. The number of hydrogen-bond donors (Lipinski definition) is 0. The van der Waals surface area contributed by atoms with Crippen molar-refractivity contribution in [2.45, 2.75) is 97.7 Å². The Morgan fingerprint density at radius 3 is 2.08 bits per heavy atom. The first kappa shape index (κ1) is 21.1. The molecular formula is C22H38O2SSn. The van der Waals surface area contributed by atoms with Gasteiger partial charge in [0.1, 0.15) is 0 Å². The van der Waals surface area contributed by atoms with Crippen molar-refractivity contribution in [2.75, 3.05) is 13.2 Å². The van der Waals surface area contributed by atoms with Crippen LogP contribution in [0.25, 0.3) is 0 Å². The van der Waals surface area contributed by atoms with Gasteiger partial charge in [0.2, 0.25) is 0 Å². The van der Waals surface area contributed by atoms with E-state index in [0.29, 0.717) is 0 Å². The van der Waals surface area contributed by atoms with E-state index in [4.69, 9.17) is 9.47 Å². The normalized spacial score (nSPS) is 19.2. The van der Waals surface area contributed by atoms with Crippen molar-refractivity contribution in [3.63, 3.8) is 0 Å². The van der Waals surface area contributed by atoms with Gasteiger partial charge in [-0.15, -0.1) is 0 Å². The second kappa shape index (κ2) is 9.75. The Kier molecular flexibility index (Phi) is 7.93. The van der Waals surface area contributed by atoms with Gasteiger partial charge in [-0.05, 0) is 0 Å². The Morgan fingerprint density at radius 2 is 1.54 bits per heavy atom. The minimum absolute atomic E-state index is 0.278. The molecule has 4 heteroatoms. The van der Waals surface area contributed by atoms with Crippen molar-refractivity contribution >= 4 is 32.6 Å². The van der Waals surface area contributed by atoms with Crippen LogP contribution in [0.3, 0.4) is 0 Å². The third-order valence-corrected chi connectivity index (χ3v) is 25.9. The fourth-order valence-corrected chi connectivity index (χ4v) is 25.4. The van der Waals surface area contributed by atoms with E-state index in [2.05, 4.69) is 38.2 Å². The molecule has 3 rings (SSSR count). The number of fused-ring (bicyclic) bond motifs is 1. The molecule has 26 heavy (non-hydrogen) atoms. The maximum absolute atomic E-state index is 6.03. The summed E-state index contributed by atoms with van der Waals surface area (Å²) < 4.78 is 18.7. The molecule has 0 bridgehead atoms. The van der Waals surface area contributed by atoms with Crippen molar-refractivity contribution in [1.29, 1.82) is 0 Å². The van der Waals surface area contributed by atoms with Crippen LogP contribution < -0.4 is 2.89 Å². The van der Waals surface area contributed by atoms with E-state index in [-0.39, 0.29) is 5.79 Å². The molecule has 1 aromatic heterocycles. The SMILES string of the molecule is CCC[CH2][Sn]([CH2]CCC)([CH2]CCC)[c]1cc2c(s1)CCC1(C2)OCCO1. The predicted octanol–water partition coefficient (Wildman–Crippen LogP) is 6.04. The monoisotopic (exact) mass is 486 g/mol. The zero-order chi connectivity index (χ0) is 18.5. The van der Waals surface area contributed by atoms with Crippen LogP contribution in [0, 0.1) is 0 Å². The molecule has 0 amide bonds. The van der Waals surface area contributed by atoms with Crippen LogP contribution in [-0.4, -0.2) is 37.4 Å². The van der Waals surface area contributed by atoms with Crippen LogP contribution in [0.15, 0.2) is 6.07 Å². The Bertz CT molecular complexity index is 541. The molecule has 0 N–H and O–H groups in total. The van der Waals surface area contributed by atoms with Gasteiger partial charge < -0.3 is 0 Å². The second-order valence-electron chi connectivity index (χ2n) is 8.43. The molecule has 0 saturated carbocycles. The molecule has 2 nitrogen and oxygen atoms in total. The predicted molar refractivity (Wildman–Crippen MR) is 116 cm³/mol. The third-order valence-electron chi connectivity index (χ3n) is 6.45. The van der Waals surface area contributed by atoms with Crippen LogP contribution >= 0.6 is 11.3 Å². The van der Waals surface area contributed by atoms with Crippen LogP contribution in [0.5, 0.6) is 0 Å². The fourth-order valence-electron chi connectivity index (χ4n) is 4.81. The van der Waals surface area contributed by atoms with Crippen LogP contribution in [-0.2, 0) is 22.3 Å². The summed E-state index contributed by atoms with van der Waals surface area (Å²) in [7, 11) is 0. The van der Waals surface area contributed by atoms with Crippen molar-refractivity contribution in [3.05, 3.63) is 16.5 Å². The molecule has 1 aliphatic carbocycles. The van der Waals surface area contributed by atoms with Gasteiger partial charge >= 0.3 is 169 Å². The van der Waals surface area contributed by atoms with Gasteiger partial charge in [-0.2, -0.15) is 0 Å². The molecule has 0 aromatic carbocycles. The summed E-state index contributed by atoms with van der Waals surface area (Å²) in [5, 5.41) is 0. The Hall–Kier alpha value is 0.419. The fraction of sp³-hybridized carbons (Fsp3) is 0.818. The molecular weight excluding hydrogens is 447 g/mol. The molecule has 148 valence electrons. The first-order valence-electron chi connectivity index (χ1n) is 11.1. The zero-order valence-electron chi connectivity index (χ0n) is 17.2. The summed E-state index contributed by atoms with van der Waals surface area (Å²) in [5.41, 5.74) is 1.57. The van der Waals surface area contributed by atoms with E-state index in [0.717, 1.165) is 32.5 Å². The molecule has 1 aliphatic heterocycles. The van der Waals surface area contributed by atoms with Crippen LogP contribution in [0.4, 0.5) is 0 Å². The van der Waals surface area contributed by atoms with Gasteiger partial charge in [0.25, 0.3) is 0 Å². The molecule has 0 atom stereocenters. The molecule has 0 radical (unpaired) electrons. The van der Waals surface area contributed by atoms with Gasteiger partial charge in [0.15, 0.2) is 0 Å². The second-order valence-corrected chi connectivity index (χ2v) is 23.7. The molecule has 2 heterocycles. The van der Waals surface area contributed by atoms with Gasteiger partial charge in [0, 0.05) is 0 Å². The number of ether oxygens (including phenoxy) is 2. The number of thiophene rings is 1. The summed E-state index contributed by atoms with van der Waals surface area (Å²) in [6.45, 7) is 8.66. The van der Waals surface area contributed by atoms with Gasteiger partial charge in [0.05, 0.1) is 0 Å². The Morgan fingerprint density at radius 1 is 0.962 bits per heavy atom. The molecule has 1 saturated heterocycles. The third kappa shape index (κ3) is 4.69. The zero-order valence-corrected chi connectivity index (χ0v) is 20.9.